The number of ether oxygens (including phenoxy) is 2. The first-order valence-corrected chi connectivity index (χ1v) is 9.66. The van der Waals surface area contributed by atoms with Crippen LogP contribution in [0.15, 0.2) is 67.0 Å². The number of nitrogens with one attached hydrogen (secondary N) is 1. The first-order valence-electron chi connectivity index (χ1n) is 9.66. The zero-order chi connectivity index (χ0) is 21.1. The minimum atomic E-state index is -0.259. The summed E-state index contributed by atoms with van der Waals surface area (Å²) in [5.74, 6) is 0.871. The van der Waals surface area contributed by atoms with Crippen LogP contribution in [0.25, 0.3) is 16.9 Å². The second-order valence-corrected chi connectivity index (χ2v) is 7.08. The van der Waals surface area contributed by atoms with E-state index in [0.29, 0.717) is 17.2 Å². The first kappa shape index (κ1) is 19.5. The largest absolute Gasteiger partial charge is 0.493 e. The number of aryl methyl sites for hydroxylation is 2. The van der Waals surface area contributed by atoms with Crippen LogP contribution >= 0.6 is 0 Å². The van der Waals surface area contributed by atoms with Crippen LogP contribution in [0.5, 0.6) is 11.5 Å². The van der Waals surface area contributed by atoms with Gasteiger partial charge >= 0.3 is 0 Å². The molecule has 2 aromatic heterocycles. The highest BCUT2D eigenvalue weighted by Crippen LogP contribution is 2.29. The highest BCUT2D eigenvalue weighted by atomic mass is 16.5. The molecule has 0 aliphatic rings. The predicted molar refractivity (Wildman–Crippen MR) is 117 cm³/mol. The number of pyridine rings is 1. The van der Waals surface area contributed by atoms with Crippen LogP contribution in [0.1, 0.15) is 11.1 Å². The molecular formula is C24H23N3O3. The fourth-order valence-electron chi connectivity index (χ4n) is 3.32. The van der Waals surface area contributed by atoms with Crippen LogP contribution in [-0.4, -0.2) is 29.0 Å². The molecule has 0 spiro atoms. The molecule has 0 saturated heterocycles. The molecule has 4 aromatic rings. The molecule has 30 heavy (non-hydrogen) atoms. The summed E-state index contributed by atoms with van der Waals surface area (Å²) >= 11 is 0. The lowest BCUT2D eigenvalue weighted by atomic mass is 10.1. The summed E-state index contributed by atoms with van der Waals surface area (Å²) < 4.78 is 13.0. The van der Waals surface area contributed by atoms with E-state index in [1.165, 1.54) is 0 Å². The molecule has 0 aliphatic heterocycles. The van der Waals surface area contributed by atoms with Gasteiger partial charge in [-0.2, -0.15) is 0 Å². The number of amides is 1. The molecule has 2 heterocycles. The van der Waals surface area contributed by atoms with Gasteiger partial charge in [-0.05, 0) is 49.2 Å². The number of aromatic nitrogens is 2. The molecule has 152 valence electrons. The van der Waals surface area contributed by atoms with Crippen molar-refractivity contribution in [3.63, 3.8) is 0 Å². The van der Waals surface area contributed by atoms with Gasteiger partial charge in [0, 0.05) is 18.0 Å². The second-order valence-electron chi connectivity index (χ2n) is 7.08. The summed E-state index contributed by atoms with van der Waals surface area (Å²) in [4.78, 5) is 17.3. The van der Waals surface area contributed by atoms with Gasteiger partial charge in [-0.15, -0.1) is 0 Å². The van der Waals surface area contributed by atoms with Gasteiger partial charge in [0.25, 0.3) is 5.91 Å². The number of fused-ring (bicyclic) bond motifs is 1. The number of nitrogens with zero attached hydrogens (tertiary/aromatic N) is 2. The standard InChI is InChI=1S/C24H23N3O3/c1-16-10-11-21(22(13-16)29-3)30-15-23(28)25-19-9-5-4-8-18(19)20-14-27-12-6-7-17(2)24(27)26-20/h4-14H,15H2,1-3H3,(H,25,28). The molecule has 0 unspecified atom stereocenters. The van der Waals surface area contributed by atoms with Gasteiger partial charge in [-0.25, -0.2) is 4.98 Å². The zero-order valence-corrected chi connectivity index (χ0v) is 17.2. The molecule has 0 bridgehead atoms. The van der Waals surface area contributed by atoms with Crippen molar-refractivity contribution in [2.24, 2.45) is 0 Å². The fourth-order valence-corrected chi connectivity index (χ4v) is 3.32. The molecule has 0 atom stereocenters. The summed E-state index contributed by atoms with van der Waals surface area (Å²) in [7, 11) is 1.58. The van der Waals surface area contributed by atoms with E-state index in [4.69, 9.17) is 14.5 Å². The second kappa shape index (κ2) is 8.29. The van der Waals surface area contributed by atoms with Crippen molar-refractivity contribution in [1.82, 2.24) is 9.38 Å². The number of imidazole rings is 1. The first-order chi connectivity index (χ1) is 14.5. The van der Waals surface area contributed by atoms with Crippen molar-refractivity contribution in [1.29, 1.82) is 0 Å². The third-order valence-corrected chi connectivity index (χ3v) is 4.83. The van der Waals surface area contributed by atoms with Crippen LogP contribution in [0.3, 0.4) is 0 Å². The van der Waals surface area contributed by atoms with Gasteiger partial charge < -0.3 is 19.2 Å². The number of para-hydroxylation sites is 1. The van der Waals surface area contributed by atoms with E-state index >= 15 is 0 Å². The highest BCUT2D eigenvalue weighted by molar-refractivity contribution is 5.96. The Hall–Kier alpha value is -3.80. The van der Waals surface area contributed by atoms with Gasteiger partial charge in [0.2, 0.25) is 0 Å². The van der Waals surface area contributed by atoms with E-state index in [1.54, 1.807) is 13.2 Å². The normalized spacial score (nSPS) is 10.8. The quantitative estimate of drug-likeness (QED) is 0.511. The van der Waals surface area contributed by atoms with Crippen LogP contribution in [0, 0.1) is 13.8 Å². The number of rotatable bonds is 6. The summed E-state index contributed by atoms with van der Waals surface area (Å²) in [6, 6.07) is 17.2. The third kappa shape index (κ3) is 3.98. The van der Waals surface area contributed by atoms with Crippen LogP contribution in [0.4, 0.5) is 5.69 Å². The number of benzene rings is 2. The van der Waals surface area contributed by atoms with Gasteiger partial charge in [0.05, 0.1) is 18.5 Å². The Labute approximate surface area is 175 Å². The Balaban J connectivity index is 1.53. The van der Waals surface area contributed by atoms with Gasteiger partial charge in [-0.1, -0.05) is 30.3 Å². The third-order valence-electron chi connectivity index (χ3n) is 4.83. The smallest absolute Gasteiger partial charge is 0.262 e. The van der Waals surface area contributed by atoms with E-state index in [2.05, 4.69) is 5.32 Å². The summed E-state index contributed by atoms with van der Waals surface area (Å²) in [6.07, 6.45) is 3.92. The topological polar surface area (TPSA) is 64.9 Å². The van der Waals surface area contributed by atoms with E-state index < -0.39 is 0 Å². The summed E-state index contributed by atoms with van der Waals surface area (Å²) in [5.41, 5.74) is 5.36. The highest BCUT2D eigenvalue weighted by Gasteiger charge is 2.13. The lowest BCUT2D eigenvalue weighted by Gasteiger charge is -2.12. The molecule has 6 nitrogen and oxygen atoms in total. The minimum Gasteiger partial charge on any atom is -0.493 e. The van der Waals surface area contributed by atoms with Gasteiger partial charge in [-0.3, -0.25) is 4.79 Å². The molecule has 0 saturated carbocycles. The average molecular weight is 401 g/mol. The molecular weight excluding hydrogens is 378 g/mol. The Morgan fingerprint density at radius 3 is 2.70 bits per heavy atom. The fraction of sp³-hybridized carbons (Fsp3) is 0.167. The lowest BCUT2D eigenvalue weighted by molar-refractivity contribution is -0.118. The number of hydrogen-bond acceptors (Lipinski definition) is 4. The zero-order valence-electron chi connectivity index (χ0n) is 17.2. The van der Waals surface area contributed by atoms with Crippen molar-refractivity contribution in [3.05, 3.63) is 78.1 Å². The Kier molecular flexibility index (Phi) is 5.39. The summed E-state index contributed by atoms with van der Waals surface area (Å²) in [5, 5.41) is 2.93. The number of hydrogen-bond donors (Lipinski definition) is 1. The number of anilines is 1. The molecule has 0 fully saturated rings. The van der Waals surface area contributed by atoms with E-state index in [-0.39, 0.29) is 12.5 Å². The van der Waals surface area contributed by atoms with Crippen molar-refractivity contribution in [2.45, 2.75) is 13.8 Å². The predicted octanol–water partition coefficient (Wildman–Crippen LogP) is 4.64. The number of carbonyl (C=O) groups is 1. The Morgan fingerprint density at radius 1 is 1.07 bits per heavy atom. The maximum Gasteiger partial charge on any atom is 0.262 e. The maximum absolute atomic E-state index is 12.6. The molecule has 4 rings (SSSR count). The van der Waals surface area contributed by atoms with Crippen LogP contribution in [0.2, 0.25) is 0 Å². The molecule has 1 amide bonds. The van der Waals surface area contributed by atoms with Gasteiger partial charge in [0.1, 0.15) is 5.65 Å². The summed E-state index contributed by atoms with van der Waals surface area (Å²) in [6.45, 7) is 3.87. The molecule has 0 aliphatic carbocycles. The van der Waals surface area contributed by atoms with Crippen LogP contribution in [-0.2, 0) is 4.79 Å². The van der Waals surface area contributed by atoms with Crippen molar-refractivity contribution in [2.75, 3.05) is 19.0 Å². The molecule has 2 aromatic carbocycles. The molecule has 1 N–H and O–H groups in total. The van der Waals surface area contributed by atoms with E-state index in [1.807, 2.05) is 79.2 Å². The van der Waals surface area contributed by atoms with Crippen molar-refractivity contribution in [3.8, 4) is 22.8 Å². The minimum absolute atomic E-state index is 0.127. The molecule has 6 heteroatoms. The maximum atomic E-state index is 12.6. The van der Waals surface area contributed by atoms with Gasteiger partial charge in [0.15, 0.2) is 18.1 Å². The van der Waals surface area contributed by atoms with Crippen LogP contribution < -0.4 is 14.8 Å². The van der Waals surface area contributed by atoms with E-state index in [0.717, 1.165) is 28.0 Å². The SMILES string of the molecule is COc1cc(C)ccc1OCC(=O)Nc1ccccc1-c1cn2cccc(C)c2n1. The van der Waals surface area contributed by atoms with Crippen molar-refractivity contribution >= 4 is 17.2 Å². The monoisotopic (exact) mass is 401 g/mol. The number of carbonyl (C=O) groups excluding carboxylic acids is 1. The Morgan fingerprint density at radius 2 is 1.90 bits per heavy atom. The lowest BCUT2D eigenvalue weighted by Crippen LogP contribution is -2.20. The number of methoxy groups -OCH3 is 1. The Bertz CT molecular complexity index is 1210. The molecule has 0 radical (unpaired) electrons. The average Bonchev–Trinajstić information content (AvgIpc) is 3.18. The van der Waals surface area contributed by atoms with Crippen molar-refractivity contribution < 1.29 is 14.3 Å². The van der Waals surface area contributed by atoms with E-state index in [9.17, 15) is 4.79 Å².